The highest BCUT2D eigenvalue weighted by Crippen LogP contribution is 2.41. The van der Waals surface area contributed by atoms with Crippen molar-refractivity contribution in [1.29, 1.82) is 0 Å². The van der Waals surface area contributed by atoms with Crippen molar-refractivity contribution >= 4 is 0 Å². The molecule has 0 heterocycles. The van der Waals surface area contributed by atoms with Gasteiger partial charge in [-0.05, 0) is 47.9 Å². The fraction of sp³-hybridized carbons (Fsp3) is 0.500. The lowest BCUT2D eigenvalue weighted by molar-refractivity contribution is 0.520. The summed E-state index contributed by atoms with van der Waals surface area (Å²) in [6, 6.07) is 3.48. The first kappa shape index (κ1) is 8.74. The molecule has 1 aromatic carbocycles. The Morgan fingerprint density at radius 2 is 2.00 bits per heavy atom. The molecule has 1 aliphatic rings. The molecule has 2 rings (SSSR count). The molecule has 1 aromatic rings. The van der Waals surface area contributed by atoms with Crippen LogP contribution in [0.5, 0.6) is 0 Å². The van der Waals surface area contributed by atoms with Crippen LogP contribution in [0.4, 0.5) is 4.39 Å². The molecular formula is C12H15F. The summed E-state index contributed by atoms with van der Waals surface area (Å²) in [7, 11) is 0. The topological polar surface area (TPSA) is 0 Å². The fourth-order valence-electron chi connectivity index (χ4n) is 2.49. The first-order valence-corrected chi connectivity index (χ1v) is 4.81. The molecule has 0 bridgehead atoms. The van der Waals surface area contributed by atoms with E-state index in [4.69, 9.17) is 0 Å². The molecule has 0 spiro atoms. The highest BCUT2D eigenvalue weighted by molar-refractivity contribution is 5.44. The summed E-state index contributed by atoms with van der Waals surface area (Å²) >= 11 is 0. The molecule has 0 radical (unpaired) electrons. The Kier molecular flexibility index (Phi) is 1.73. The van der Waals surface area contributed by atoms with Crippen LogP contribution in [0.2, 0.25) is 0 Å². The number of fused-ring (bicyclic) bond motifs is 1. The van der Waals surface area contributed by atoms with Crippen molar-refractivity contribution in [1.82, 2.24) is 0 Å². The summed E-state index contributed by atoms with van der Waals surface area (Å²) in [6.45, 7) is 6.47. The zero-order valence-electron chi connectivity index (χ0n) is 8.45. The lowest BCUT2D eigenvalue weighted by Gasteiger charge is -2.21. The second-order valence-electron chi connectivity index (χ2n) is 4.60. The second-order valence-corrected chi connectivity index (χ2v) is 4.60. The third-order valence-electron chi connectivity index (χ3n) is 3.14. The Hall–Kier alpha value is -0.850. The van der Waals surface area contributed by atoms with Crippen molar-refractivity contribution < 1.29 is 4.39 Å². The van der Waals surface area contributed by atoms with Gasteiger partial charge in [0.05, 0.1) is 0 Å². The van der Waals surface area contributed by atoms with E-state index in [-0.39, 0.29) is 11.2 Å². The highest BCUT2D eigenvalue weighted by Gasteiger charge is 2.32. The van der Waals surface area contributed by atoms with Gasteiger partial charge >= 0.3 is 0 Å². The minimum absolute atomic E-state index is 0.0221. The third-order valence-corrected chi connectivity index (χ3v) is 3.14. The number of halogens is 1. The van der Waals surface area contributed by atoms with E-state index >= 15 is 0 Å². The van der Waals surface area contributed by atoms with Gasteiger partial charge < -0.3 is 0 Å². The SMILES string of the molecule is Cc1ccc(F)c2c1C(C)(C)CC2. The molecule has 1 aliphatic carbocycles. The molecule has 13 heavy (non-hydrogen) atoms. The molecule has 0 amide bonds. The van der Waals surface area contributed by atoms with Crippen LogP contribution in [0.1, 0.15) is 37.0 Å². The minimum Gasteiger partial charge on any atom is -0.207 e. The van der Waals surface area contributed by atoms with E-state index in [1.807, 2.05) is 6.07 Å². The standard InChI is InChI=1S/C12H15F/c1-8-4-5-10(13)9-6-7-12(2,3)11(8)9/h4-5H,6-7H2,1-3H3. The van der Waals surface area contributed by atoms with Crippen molar-refractivity contribution in [2.45, 2.75) is 39.0 Å². The van der Waals surface area contributed by atoms with E-state index in [9.17, 15) is 4.39 Å². The molecular weight excluding hydrogens is 163 g/mol. The van der Waals surface area contributed by atoms with Gasteiger partial charge in [-0.3, -0.25) is 0 Å². The lowest BCUT2D eigenvalue weighted by Crippen LogP contribution is -2.13. The quantitative estimate of drug-likeness (QED) is 0.571. The van der Waals surface area contributed by atoms with Gasteiger partial charge in [-0.25, -0.2) is 4.39 Å². The number of hydrogen-bond acceptors (Lipinski definition) is 0. The van der Waals surface area contributed by atoms with Crippen molar-refractivity contribution in [3.63, 3.8) is 0 Å². The van der Waals surface area contributed by atoms with Gasteiger partial charge in [0.2, 0.25) is 0 Å². The van der Waals surface area contributed by atoms with Crippen molar-refractivity contribution in [2.75, 3.05) is 0 Å². The molecule has 0 unspecified atom stereocenters. The summed E-state index contributed by atoms with van der Waals surface area (Å²) < 4.78 is 13.4. The number of aryl methyl sites for hydroxylation is 1. The molecule has 0 aliphatic heterocycles. The van der Waals surface area contributed by atoms with E-state index < -0.39 is 0 Å². The van der Waals surface area contributed by atoms with Crippen LogP contribution in [0.3, 0.4) is 0 Å². The largest absolute Gasteiger partial charge is 0.207 e. The van der Waals surface area contributed by atoms with Crippen molar-refractivity contribution in [3.05, 3.63) is 34.6 Å². The Bertz CT molecular complexity index is 350. The first-order valence-electron chi connectivity index (χ1n) is 4.81. The molecule has 0 nitrogen and oxygen atoms in total. The molecule has 0 fully saturated rings. The zero-order valence-corrected chi connectivity index (χ0v) is 8.45. The molecule has 0 saturated heterocycles. The van der Waals surface area contributed by atoms with E-state index in [1.54, 1.807) is 6.07 Å². The Balaban J connectivity index is 2.70. The van der Waals surface area contributed by atoms with E-state index in [2.05, 4.69) is 20.8 Å². The average Bonchev–Trinajstić information content (AvgIpc) is 2.36. The maximum absolute atomic E-state index is 13.4. The summed E-state index contributed by atoms with van der Waals surface area (Å²) in [5.74, 6) is -0.0221. The van der Waals surface area contributed by atoms with Gasteiger partial charge in [0.1, 0.15) is 5.82 Å². The summed E-state index contributed by atoms with van der Waals surface area (Å²) in [4.78, 5) is 0. The molecule has 0 aromatic heterocycles. The number of benzene rings is 1. The van der Waals surface area contributed by atoms with E-state index in [0.29, 0.717) is 0 Å². The van der Waals surface area contributed by atoms with Crippen LogP contribution in [-0.2, 0) is 11.8 Å². The normalized spacial score (nSPS) is 18.8. The van der Waals surface area contributed by atoms with Gasteiger partial charge in [0, 0.05) is 0 Å². The average molecular weight is 178 g/mol. The van der Waals surface area contributed by atoms with Crippen LogP contribution in [-0.4, -0.2) is 0 Å². The summed E-state index contributed by atoms with van der Waals surface area (Å²) in [5, 5.41) is 0. The Labute approximate surface area is 78.8 Å². The van der Waals surface area contributed by atoms with Crippen molar-refractivity contribution in [3.8, 4) is 0 Å². The van der Waals surface area contributed by atoms with Gasteiger partial charge in [-0.15, -0.1) is 0 Å². The van der Waals surface area contributed by atoms with E-state index in [1.165, 1.54) is 11.1 Å². The predicted octanol–water partition coefficient (Wildman–Crippen LogP) is 3.36. The predicted molar refractivity (Wildman–Crippen MR) is 52.5 cm³/mol. The lowest BCUT2D eigenvalue weighted by atomic mass is 9.84. The number of rotatable bonds is 0. The molecule has 0 N–H and O–H groups in total. The van der Waals surface area contributed by atoms with Gasteiger partial charge in [0.15, 0.2) is 0 Å². The molecule has 70 valence electrons. The monoisotopic (exact) mass is 178 g/mol. The maximum atomic E-state index is 13.4. The van der Waals surface area contributed by atoms with Crippen molar-refractivity contribution in [2.24, 2.45) is 0 Å². The number of hydrogen-bond donors (Lipinski definition) is 0. The maximum Gasteiger partial charge on any atom is 0.126 e. The first-order chi connectivity index (χ1) is 6.02. The second kappa shape index (κ2) is 2.57. The smallest absolute Gasteiger partial charge is 0.126 e. The van der Waals surface area contributed by atoms with Gasteiger partial charge in [0.25, 0.3) is 0 Å². The van der Waals surface area contributed by atoms with Gasteiger partial charge in [-0.2, -0.15) is 0 Å². The highest BCUT2D eigenvalue weighted by atomic mass is 19.1. The van der Waals surface area contributed by atoms with Crippen LogP contribution in [0, 0.1) is 12.7 Å². The Morgan fingerprint density at radius 1 is 1.31 bits per heavy atom. The van der Waals surface area contributed by atoms with Crippen LogP contribution in [0.25, 0.3) is 0 Å². The summed E-state index contributed by atoms with van der Waals surface area (Å²) in [5.41, 5.74) is 3.60. The molecule has 0 saturated carbocycles. The molecule has 0 atom stereocenters. The Morgan fingerprint density at radius 3 is 2.62 bits per heavy atom. The van der Waals surface area contributed by atoms with E-state index in [0.717, 1.165) is 18.4 Å². The summed E-state index contributed by atoms with van der Waals surface area (Å²) in [6.07, 6.45) is 1.97. The van der Waals surface area contributed by atoms with Crippen LogP contribution < -0.4 is 0 Å². The zero-order chi connectivity index (χ0) is 9.64. The van der Waals surface area contributed by atoms with Crippen LogP contribution >= 0.6 is 0 Å². The van der Waals surface area contributed by atoms with Crippen LogP contribution in [0.15, 0.2) is 12.1 Å². The van der Waals surface area contributed by atoms with Gasteiger partial charge in [-0.1, -0.05) is 19.9 Å². The minimum atomic E-state index is -0.0221. The fourth-order valence-corrected chi connectivity index (χ4v) is 2.49. The molecule has 1 heteroatoms. The third kappa shape index (κ3) is 1.18.